The summed E-state index contributed by atoms with van der Waals surface area (Å²) in [6.45, 7) is 1.48. The number of hydrogen-bond donors (Lipinski definition) is 1. The number of fused-ring (bicyclic) bond motifs is 1. The van der Waals surface area contributed by atoms with Gasteiger partial charge in [0, 0.05) is 36.1 Å². The molecule has 2 aromatic rings. The molecule has 1 aromatic heterocycles. The third-order valence-corrected chi connectivity index (χ3v) is 3.85. The maximum Gasteiger partial charge on any atom is 0.164 e. The summed E-state index contributed by atoms with van der Waals surface area (Å²) >= 11 is 0. The van der Waals surface area contributed by atoms with Crippen LogP contribution in [0.3, 0.4) is 0 Å². The van der Waals surface area contributed by atoms with Gasteiger partial charge in [0.05, 0.1) is 0 Å². The van der Waals surface area contributed by atoms with E-state index in [0.717, 1.165) is 42.1 Å². The number of Topliss-reactive ketones (excluding diaryl/α,β-unsaturated/α-hetero) is 1. The molecule has 0 amide bonds. The Morgan fingerprint density at radius 1 is 1.19 bits per heavy atom. The molecule has 21 heavy (non-hydrogen) atoms. The molecule has 0 aliphatic heterocycles. The zero-order chi connectivity index (χ0) is 14.7. The number of likely N-dealkylation sites (N-methyl/N-ethyl adjacent to an activating group) is 1. The first kappa shape index (κ1) is 13.9. The first-order valence-corrected chi connectivity index (χ1v) is 7.41. The zero-order valence-electron chi connectivity index (χ0n) is 12.3. The standard InChI is InChI=1S/C17H20N2O2/c1-18-10-12-21-14-7-5-13(6-8-14)19-11-9-15-16(19)3-2-4-17(15)20/h5-9,11,18H,2-4,10,12H2,1H3. The van der Waals surface area contributed by atoms with E-state index >= 15 is 0 Å². The summed E-state index contributed by atoms with van der Waals surface area (Å²) < 4.78 is 7.74. The highest BCUT2D eigenvalue weighted by atomic mass is 16.5. The fourth-order valence-electron chi connectivity index (χ4n) is 2.74. The Morgan fingerprint density at radius 2 is 2.00 bits per heavy atom. The molecule has 0 radical (unpaired) electrons. The monoisotopic (exact) mass is 284 g/mol. The van der Waals surface area contributed by atoms with Gasteiger partial charge in [0.2, 0.25) is 0 Å². The number of aromatic nitrogens is 1. The Bertz CT molecular complexity index is 629. The molecule has 0 saturated carbocycles. The second-order valence-electron chi connectivity index (χ2n) is 5.27. The molecule has 110 valence electrons. The summed E-state index contributed by atoms with van der Waals surface area (Å²) in [5.74, 6) is 1.13. The van der Waals surface area contributed by atoms with E-state index in [2.05, 4.69) is 9.88 Å². The van der Waals surface area contributed by atoms with Crippen LogP contribution >= 0.6 is 0 Å². The second kappa shape index (κ2) is 6.14. The molecule has 0 saturated heterocycles. The zero-order valence-corrected chi connectivity index (χ0v) is 12.3. The molecule has 0 bridgehead atoms. The lowest BCUT2D eigenvalue weighted by Crippen LogP contribution is -2.15. The number of carbonyl (C=O) groups excluding carboxylic acids is 1. The van der Waals surface area contributed by atoms with Gasteiger partial charge in [-0.2, -0.15) is 0 Å². The van der Waals surface area contributed by atoms with Crippen molar-refractivity contribution in [1.82, 2.24) is 9.88 Å². The van der Waals surface area contributed by atoms with Crippen LogP contribution in [0.15, 0.2) is 36.5 Å². The number of carbonyl (C=O) groups is 1. The number of hydrogen-bond acceptors (Lipinski definition) is 3. The Morgan fingerprint density at radius 3 is 2.76 bits per heavy atom. The van der Waals surface area contributed by atoms with Crippen molar-refractivity contribution in [1.29, 1.82) is 0 Å². The van der Waals surface area contributed by atoms with E-state index in [4.69, 9.17) is 4.74 Å². The van der Waals surface area contributed by atoms with Crippen LogP contribution in [0.4, 0.5) is 0 Å². The van der Waals surface area contributed by atoms with Gasteiger partial charge >= 0.3 is 0 Å². The van der Waals surface area contributed by atoms with E-state index in [-0.39, 0.29) is 5.78 Å². The third kappa shape index (κ3) is 2.85. The van der Waals surface area contributed by atoms with Crippen LogP contribution in [0.5, 0.6) is 5.75 Å². The summed E-state index contributed by atoms with van der Waals surface area (Å²) in [6, 6.07) is 9.96. The van der Waals surface area contributed by atoms with E-state index in [9.17, 15) is 4.79 Å². The van der Waals surface area contributed by atoms with Crippen LogP contribution in [0.1, 0.15) is 28.9 Å². The summed E-state index contributed by atoms with van der Waals surface area (Å²) in [5.41, 5.74) is 3.10. The van der Waals surface area contributed by atoms with Crippen molar-refractivity contribution < 1.29 is 9.53 Å². The second-order valence-corrected chi connectivity index (χ2v) is 5.27. The highest BCUT2D eigenvalue weighted by molar-refractivity contribution is 5.98. The van der Waals surface area contributed by atoms with Gasteiger partial charge in [-0.15, -0.1) is 0 Å². The van der Waals surface area contributed by atoms with Crippen molar-refractivity contribution >= 4 is 5.78 Å². The molecule has 1 N–H and O–H groups in total. The number of rotatable bonds is 5. The van der Waals surface area contributed by atoms with Gasteiger partial charge in [-0.05, 0) is 50.2 Å². The Labute approximate surface area is 124 Å². The fourth-order valence-corrected chi connectivity index (χ4v) is 2.74. The van der Waals surface area contributed by atoms with Crippen LogP contribution in [0.2, 0.25) is 0 Å². The third-order valence-electron chi connectivity index (χ3n) is 3.85. The maximum absolute atomic E-state index is 11.9. The number of nitrogens with zero attached hydrogens (tertiary/aromatic N) is 1. The van der Waals surface area contributed by atoms with Gasteiger partial charge in [0.25, 0.3) is 0 Å². The van der Waals surface area contributed by atoms with Crippen molar-refractivity contribution in [2.24, 2.45) is 0 Å². The highest BCUT2D eigenvalue weighted by Crippen LogP contribution is 2.26. The van der Waals surface area contributed by atoms with Gasteiger partial charge in [-0.1, -0.05) is 0 Å². The summed E-state index contributed by atoms with van der Waals surface area (Å²) in [5, 5.41) is 3.05. The van der Waals surface area contributed by atoms with Crippen LogP contribution < -0.4 is 10.1 Å². The molecule has 1 heterocycles. The van der Waals surface area contributed by atoms with E-state index < -0.39 is 0 Å². The van der Waals surface area contributed by atoms with Gasteiger partial charge in [-0.3, -0.25) is 4.79 Å². The first-order chi connectivity index (χ1) is 10.3. The van der Waals surface area contributed by atoms with Gasteiger partial charge in [0.15, 0.2) is 5.78 Å². The normalized spacial score (nSPS) is 14.0. The van der Waals surface area contributed by atoms with Crippen LogP contribution in [-0.2, 0) is 6.42 Å². The summed E-state index contributed by atoms with van der Waals surface area (Å²) in [6.07, 6.45) is 4.58. The molecule has 4 heteroatoms. The van der Waals surface area contributed by atoms with E-state index in [1.54, 1.807) is 0 Å². The molecule has 0 spiro atoms. The van der Waals surface area contributed by atoms with E-state index in [0.29, 0.717) is 13.0 Å². The van der Waals surface area contributed by atoms with Gasteiger partial charge in [0.1, 0.15) is 12.4 Å². The average molecular weight is 284 g/mol. The van der Waals surface area contributed by atoms with Crippen molar-refractivity contribution in [3.05, 3.63) is 47.8 Å². The van der Waals surface area contributed by atoms with Crippen LogP contribution in [-0.4, -0.2) is 30.5 Å². The molecule has 4 nitrogen and oxygen atoms in total. The minimum absolute atomic E-state index is 0.266. The predicted octanol–water partition coefficient (Wildman–Crippen LogP) is 2.59. The summed E-state index contributed by atoms with van der Waals surface area (Å²) in [7, 11) is 1.91. The van der Waals surface area contributed by atoms with Crippen molar-refractivity contribution in [2.75, 3.05) is 20.2 Å². The Balaban J connectivity index is 1.80. The minimum Gasteiger partial charge on any atom is -0.492 e. The molecule has 3 rings (SSSR count). The summed E-state index contributed by atoms with van der Waals surface area (Å²) in [4.78, 5) is 11.9. The molecule has 0 fully saturated rings. The highest BCUT2D eigenvalue weighted by Gasteiger charge is 2.20. The molecular formula is C17H20N2O2. The largest absolute Gasteiger partial charge is 0.492 e. The van der Waals surface area contributed by atoms with E-state index in [1.165, 1.54) is 0 Å². The molecule has 1 aliphatic rings. The molecule has 0 atom stereocenters. The van der Waals surface area contributed by atoms with E-state index in [1.807, 2.05) is 43.6 Å². The SMILES string of the molecule is CNCCOc1ccc(-n2ccc3c2CCCC3=O)cc1. The number of ether oxygens (including phenoxy) is 1. The maximum atomic E-state index is 11.9. The molecule has 1 aliphatic carbocycles. The van der Waals surface area contributed by atoms with Crippen molar-refractivity contribution in [2.45, 2.75) is 19.3 Å². The smallest absolute Gasteiger partial charge is 0.164 e. The lowest BCUT2D eigenvalue weighted by Gasteiger charge is -2.15. The van der Waals surface area contributed by atoms with Crippen LogP contribution in [0.25, 0.3) is 5.69 Å². The topological polar surface area (TPSA) is 43.3 Å². The Hall–Kier alpha value is -2.07. The predicted molar refractivity (Wildman–Crippen MR) is 82.5 cm³/mol. The number of benzene rings is 1. The fraction of sp³-hybridized carbons (Fsp3) is 0.353. The molecule has 1 aromatic carbocycles. The lowest BCUT2D eigenvalue weighted by molar-refractivity contribution is 0.0972. The molecule has 0 unspecified atom stereocenters. The lowest BCUT2D eigenvalue weighted by atomic mass is 9.97. The average Bonchev–Trinajstić information content (AvgIpc) is 2.94. The number of ketones is 1. The Kier molecular flexibility index (Phi) is 4.06. The van der Waals surface area contributed by atoms with Crippen LogP contribution in [0, 0.1) is 0 Å². The van der Waals surface area contributed by atoms with Crippen molar-refractivity contribution in [3.8, 4) is 11.4 Å². The quantitative estimate of drug-likeness (QED) is 0.858. The van der Waals surface area contributed by atoms with Gasteiger partial charge in [-0.25, -0.2) is 0 Å². The van der Waals surface area contributed by atoms with Gasteiger partial charge < -0.3 is 14.6 Å². The molecular weight excluding hydrogens is 264 g/mol. The van der Waals surface area contributed by atoms with Crippen molar-refractivity contribution in [3.63, 3.8) is 0 Å². The number of nitrogens with one attached hydrogen (secondary N) is 1. The first-order valence-electron chi connectivity index (χ1n) is 7.41. The minimum atomic E-state index is 0.266.